The van der Waals surface area contributed by atoms with Crippen LogP contribution in [0, 0.1) is 13.8 Å². The number of rotatable bonds is 4. The molecule has 0 aliphatic carbocycles. The number of aromatic nitrogens is 1. The van der Waals surface area contributed by atoms with Crippen LogP contribution in [0.3, 0.4) is 0 Å². The Morgan fingerprint density at radius 1 is 1.03 bits per heavy atom. The third-order valence-corrected chi connectivity index (χ3v) is 6.18. The van der Waals surface area contributed by atoms with Gasteiger partial charge < -0.3 is 9.47 Å². The number of ether oxygens (including phenoxy) is 2. The molecule has 4 heteroatoms. The summed E-state index contributed by atoms with van der Waals surface area (Å²) in [6.07, 6.45) is 4.26. The van der Waals surface area contributed by atoms with Gasteiger partial charge in [-0.05, 0) is 73.7 Å². The van der Waals surface area contributed by atoms with Gasteiger partial charge in [0.1, 0.15) is 0 Å². The lowest BCUT2D eigenvalue weighted by Gasteiger charge is -2.26. The number of hydrogen-bond acceptors (Lipinski definition) is 4. The van der Waals surface area contributed by atoms with E-state index in [2.05, 4.69) is 60.1 Å². The smallest absolute Gasteiger partial charge is 0.231 e. The lowest BCUT2D eigenvalue weighted by atomic mass is 9.98. The molecule has 2 aliphatic heterocycles. The summed E-state index contributed by atoms with van der Waals surface area (Å²) in [4.78, 5) is 7.02. The van der Waals surface area contributed by atoms with E-state index in [-0.39, 0.29) is 0 Å². The molecular weight excluding hydrogens is 360 g/mol. The highest BCUT2D eigenvalue weighted by atomic mass is 16.7. The number of pyridine rings is 1. The standard InChI is InChI=1S/C25H26N2O2/c1-17-13-19(22-5-3-11-26-18(22)2)7-8-21(17)15-27-12-4-6-23(27)20-9-10-24-25(14-20)29-16-28-24/h3,5,7-11,13-14,23H,4,6,12,15-16H2,1-2H3/t23-/m1/s1. The third kappa shape index (κ3) is 3.49. The summed E-state index contributed by atoms with van der Waals surface area (Å²) in [7, 11) is 0. The highest BCUT2D eigenvalue weighted by Gasteiger charge is 2.28. The van der Waals surface area contributed by atoms with Crippen molar-refractivity contribution >= 4 is 0 Å². The van der Waals surface area contributed by atoms with Crippen LogP contribution < -0.4 is 9.47 Å². The van der Waals surface area contributed by atoms with Crippen molar-refractivity contribution < 1.29 is 9.47 Å². The van der Waals surface area contributed by atoms with Crippen molar-refractivity contribution in [1.82, 2.24) is 9.88 Å². The van der Waals surface area contributed by atoms with Gasteiger partial charge in [-0.15, -0.1) is 0 Å². The molecule has 0 bridgehead atoms. The number of nitrogens with zero attached hydrogens (tertiary/aromatic N) is 2. The van der Waals surface area contributed by atoms with Crippen molar-refractivity contribution in [3.63, 3.8) is 0 Å². The molecule has 4 nitrogen and oxygen atoms in total. The van der Waals surface area contributed by atoms with Crippen molar-refractivity contribution in [2.24, 2.45) is 0 Å². The maximum absolute atomic E-state index is 5.59. The molecule has 29 heavy (non-hydrogen) atoms. The predicted octanol–water partition coefficient (Wildman–Crippen LogP) is 5.43. The first-order valence-electron chi connectivity index (χ1n) is 10.3. The van der Waals surface area contributed by atoms with Crippen LogP contribution >= 0.6 is 0 Å². The fourth-order valence-electron chi connectivity index (χ4n) is 4.56. The number of benzene rings is 2. The van der Waals surface area contributed by atoms with Crippen molar-refractivity contribution in [3.05, 3.63) is 77.1 Å². The van der Waals surface area contributed by atoms with Gasteiger partial charge in [-0.2, -0.15) is 0 Å². The molecular formula is C25H26N2O2. The van der Waals surface area contributed by atoms with Gasteiger partial charge >= 0.3 is 0 Å². The summed E-state index contributed by atoms with van der Waals surface area (Å²) in [5, 5.41) is 0. The van der Waals surface area contributed by atoms with Gasteiger partial charge in [0.15, 0.2) is 11.5 Å². The summed E-state index contributed by atoms with van der Waals surface area (Å²) in [5.74, 6) is 1.73. The lowest BCUT2D eigenvalue weighted by Crippen LogP contribution is -2.23. The lowest BCUT2D eigenvalue weighted by molar-refractivity contribution is 0.173. The van der Waals surface area contributed by atoms with Crippen LogP contribution in [0.25, 0.3) is 11.1 Å². The maximum Gasteiger partial charge on any atom is 0.231 e. The second kappa shape index (κ2) is 7.53. The van der Waals surface area contributed by atoms with E-state index in [1.165, 1.54) is 40.7 Å². The van der Waals surface area contributed by atoms with Gasteiger partial charge in [0.05, 0.1) is 0 Å². The number of hydrogen-bond donors (Lipinski definition) is 0. The Balaban J connectivity index is 1.37. The molecule has 0 spiro atoms. The molecule has 0 saturated carbocycles. The minimum Gasteiger partial charge on any atom is -0.454 e. The Bertz CT molecular complexity index is 1050. The zero-order valence-corrected chi connectivity index (χ0v) is 17.0. The molecule has 3 aromatic rings. The van der Waals surface area contributed by atoms with E-state index >= 15 is 0 Å². The summed E-state index contributed by atoms with van der Waals surface area (Å²) in [5.41, 5.74) is 7.58. The number of aryl methyl sites for hydroxylation is 2. The normalized spacial score (nSPS) is 18.3. The Labute approximate surface area is 172 Å². The highest BCUT2D eigenvalue weighted by Crippen LogP contribution is 2.39. The molecule has 0 N–H and O–H groups in total. The Hall–Kier alpha value is -2.85. The zero-order chi connectivity index (χ0) is 19.8. The Morgan fingerprint density at radius 3 is 2.79 bits per heavy atom. The second-order valence-electron chi connectivity index (χ2n) is 8.02. The molecule has 1 saturated heterocycles. The summed E-state index contributed by atoms with van der Waals surface area (Å²) in [6.45, 7) is 6.71. The highest BCUT2D eigenvalue weighted by molar-refractivity contribution is 5.66. The van der Waals surface area contributed by atoms with E-state index in [1.807, 2.05) is 18.3 Å². The first-order valence-corrected chi connectivity index (χ1v) is 10.3. The van der Waals surface area contributed by atoms with Crippen LogP contribution in [0.2, 0.25) is 0 Å². The summed E-state index contributed by atoms with van der Waals surface area (Å²) < 4.78 is 11.1. The first kappa shape index (κ1) is 18.2. The van der Waals surface area contributed by atoms with E-state index < -0.39 is 0 Å². The summed E-state index contributed by atoms with van der Waals surface area (Å²) >= 11 is 0. The molecule has 0 unspecified atom stereocenters. The van der Waals surface area contributed by atoms with E-state index in [0.717, 1.165) is 30.3 Å². The second-order valence-corrected chi connectivity index (χ2v) is 8.02. The molecule has 3 heterocycles. The monoisotopic (exact) mass is 386 g/mol. The fraction of sp³-hybridized carbons (Fsp3) is 0.320. The Morgan fingerprint density at radius 2 is 1.93 bits per heavy atom. The van der Waals surface area contributed by atoms with E-state index in [0.29, 0.717) is 12.8 Å². The van der Waals surface area contributed by atoms with Crippen LogP contribution in [0.1, 0.15) is 41.3 Å². The SMILES string of the molecule is Cc1cc(-c2cccnc2C)ccc1CN1CCC[C@@H]1c1ccc2c(c1)OCO2. The van der Waals surface area contributed by atoms with E-state index in [4.69, 9.17) is 9.47 Å². The molecule has 2 aromatic carbocycles. The quantitative estimate of drug-likeness (QED) is 0.599. The molecule has 5 rings (SSSR count). The average Bonchev–Trinajstić information content (AvgIpc) is 3.38. The Kier molecular flexibility index (Phi) is 4.72. The molecule has 0 radical (unpaired) electrons. The van der Waals surface area contributed by atoms with Crippen molar-refractivity contribution in [1.29, 1.82) is 0 Å². The van der Waals surface area contributed by atoms with Crippen LogP contribution in [-0.2, 0) is 6.54 Å². The van der Waals surface area contributed by atoms with Crippen molar-refractivity contribution in [2.45, 2.75) is 39.3 Å². The first-order chi connectivity index (χ1) is 14.2. The van der Waals surface area contributed by atoms with Crippen LogP contribution in [-0.4, -0.2) is 23.2 Å². The maximum atomic E-state index is 5.59. The predicted molar refractivity (Wildman–Crippen MR) is 114 cm³/mol. The minimum absolute atomic E-state index is 0.328. The molecule has 1 aromatic heterocycles. The van der Waals surface area contributed by atoms with Crippen molar-refractivity contribution in [3.8, 4) is 22.6 Å². The average molecular weight is 386 g/mol. The van der Waals surface area contributed by atoms with Gasteiger partial charge in [-0.3, -0.25) is 9.88 Å². The zero-order valence-electron chi connectivity index (χ0n) is 17.0. The third-order valence-electron chi connectivity index (χ3n) is 6.18. The van der Waals surface area contributed by atoms with Gasteiger partial charge in [0.25, 0.3) is 0 Å². The number of fused-ring (bicyclic) bond motifs is 1. The van der Waals surface area contributed by atoms with E-state index in [1.54, 1.807) is 0 Å². The molecule has 0 amide bonds. The minimum atomic E-state index is 0.328. The van der Waals surface area contributed by atoms with Gasteiger partial charge in [0.2, 0.25) is 6.79 Å². The van der Waals surface area contributed by atoms with Gasteiger partial charge in [0, 0.05) is 30.0 Å². The summed E-state index contributed by atoms with van der Waals surface area (Å²) in [6, 6.07) is 17.8. The van der Waals surface area contributed by atoms with Crippen LogP contribution in [0.5, 0.6) is 11.5 Å². The number of likely N-dealkylation sites (tertiary alicyclic amines) is 1. The fourth-order valence-corrected chi connectivity index (χ4v) is 4.56. The largest absolute Gasteiger partial charge is 0.454 e. The molecule has 148 valence electrons. The van der Waals surface area contributed by atoms with Crippen LogP contribution in [0.15, 0.2) is 54.7 Å². The topological polar surface area (TPSA) is 34.6 Å². The molecule has 1 atom stereocenters. The van der Waals surface area contributed by atoms with E-state index in [9.17, 15) is 0 Å². The molecule has 2 aliphatic rings. The van der Waals surface area contributed by atoms with Crippen molar-refractivity contribution in [2.75, 3.05) is 13.3 Å². The van der Waals surface area contributed by atoms with Gasteiger partial charge in [-0.25, -0.2) is 0 Å². The van der Waals surface area contributed by atoms with Crippen LogP contribution in [0.4, 0.5) is 0 Å². The molecule has 1 fully saturated rings. The van der Waals surface area contributed by atoms with Gasteiger partial charge in [-0.1, -0.05) is 30.3 Å².